The van der Waals surface area contributed by atoms with Crippen LogP contribution in [0.3, 0.4) is 0 Å². The molecule has 2 unspecified atom stereocenters. The number of amides is 1. The third-order valence-corrected chi connectivity index (χ3v) is 7.42. The Kier molecular flexibility index (Phi) is 10.2. The Morgan fingerprint density at radius 2 is 1.74 bits per heavy atom. The van der Waals surface area contributed by atoms with Crippen LogP contribution in [-0.4, -0.2) is 39.3 Å². The molecule has 0 fully saturated rings. The van der Waals surface area contributed by atoms with Gasteiger partial charge in [-0.2, -0.15) is 0 Å². The number of sulfonamides is 1. The zero-order chi connectivity index (χ0) is 28.6. The second-order valence-electron chi connectivity index (χ2n) is 10.3. The molecular weight excluding hydrogens is 517 g/mol. The summed E-state index contributed by atoms with van der Waals surface area (Å²) >= 11 is 0. The largest absolute Gasteiger partial charge is 0.375 e. The van der Waals surface area contributed by atoms with Gasteiger partial charge in [-0.3, -0.25) is 9.10 Å². The predicted molar refractivity (Wildman–Crippen MR) is 154 cm³/mol. The normalized spacial score (nSPS) is 13.9. The first-order chi connectivity index (χ1) is 18.4. The van der Waals surface area contributed by atoms with Crippen molar-refractivity contribution in [3.63, 3.8) is 0 Å². The Hall–Kier alpha value is -3.27. The SMILES string of the molecule is CCCN(c1cc(COCC(C)(N)Cc2ccccc2)cc(C(=O)NC(C)c2ccc(F)cc2)c1)S(C)(=O)=O. The van der Waals surface area contributed by atoms with Crippen molar-refractivity contribution in [3.05, 3.63) is 101 Å². The lowest BCUT2D eigenvalue weighted by molar-refractivity contribution is 0.0790. The van der Waals surface area contributed by atoms with Crippen LogP contribution in [0, 0.1) is 5.82 Å². The van der Waals surface area contributed by atoms with Gasteiger partial charge in [0.1, 0.15) is 5.82 Å². The summed E-state index contributed by atoms with van der Waals surface area (Å²) in [5, 5.41) is 2.91. The quantitative estimate of drug-likeness (QED) is 0.310. The summed E-state index contributed by atoms with van der Waals surface area (Å²) < 4.78 is 45.7. The van der Waals surface area contributed by atoms with E-state index in [2.05, 4.69) is 5.32 Å². The van der Waals surface area contributed by atoms with Crippen LogP contribution in [0.15, 0.2) is 72.8 Å². The number of nitrogens with one attached hydrogen (secondary N) is 1. The summed E-state index contributed by atoms with van der Waals surface area (Å²) in [6.45, 7) is 6.28. The molecule has 0 bridgehead atoms. The van der Waals surface area contributed by atoms with Gasteiger partial charge in [0.15, 0.2) is 0 Å². The lowest BCUT2D eigenvalue weighted by Crippen LogP contribution is -2.43. The first-order valence-electron chi connectivity index (χ1n) is 13.0. The van der Waals surface area contributed by atoms with Gasteiger partial charge < -0.3 is 15.8 Å². The zero-order valence-electron chi connectivity index (χ0n) is 23.0. The van der Waals surface area contributed by atoms with Gasteiger partial charge in [-0.1, -0.05) is 49.4 Å². The Morgan fingerprint density at radius 3 is 2.36 bits per heavy atom. The number of carbonyl (C=O) groups is 1. The molecule has 3 N–H and O–H groups in total. The molecule has 3 aromatic rings. The van der Waals surface area contributed by atoms with Gasteiger partial charge in [-0.15, -0.1) is 0 Å². The first-order valence-corrected chi connectivity index (χ1v) is 14.8. The second-order valence-corrected chi connectivity index (χ2v) is 12.2. The number of benzene rings is 3. The van der Waals surface area contributed by atoms with Crippen LogP contribution in [0.1, 0.15) is 60.3 Å². The fourth-order valence-electron chi connectivity index (χ4n) is 4.35. The highest BCUT2D eigenvalue weighted by Crippen LogP contribution is 2.24. The Labute approximate surface area is 231 Å². The van der Waals surface area contributed by atoms with E-state index in [1.807, 2.05) is 44.2 Å². The van der Waals surface area contributed by atoms with Gasteiger partial charge in [-0.25, -0.2) is 12.8 Å². The number of hydrogen-bond acceptors (Lipinski definition) is 5. The van der Waals surface area contributed by atoms with Crippen molar-refractivity contribution in [1.82, 2.24) is 5.32 Å². The van der Waals surface area contributed by atoms with Crippen molar-refractivity contribution < 1.29 is 22.3 Å². The summed E-state index contributed by atoms with van der Waals surface area (Å²) in [5.74, 6) is -0.739. The van der Waals surface area contributed by atoms with Gasteiger partial charge in [0.05, 0.1) is 31.2 Å². The van der Waals surface area contributed by atoms with E-state index in [-0.39, 0.29) is 37.5 Å². The highest BCUT2D eigenvalue weighted by molar-refractivity contribution is 7.92. The number of ether oxygens (including phenoxy) is 1. The molecule has 39 heavy (non-hydrogen) atoms. The molecular formula is C30H38FN3O4S. The lowest BCUT2D eigenvalue weighted by Gasteiger charge is -2.26. The molecule has 2 atom stereocenters. The predicted octanol–water partition coefficient (Wildman–Crippen LogP) is 4.97. The highest BCUT2D eigenvalue weighted by atomic mass is 32.2. The van der Waals surface area contributed by atoms with Crippen molar-refractivity contribution >= 4 is 21.6 Å². The van der Waals surface area contributed by atoms with Crippen LogP contribution in [0.5, 0.6) is 0 Å². The minimum absolute atomic E-state index is 0.146. The van der Waals surface area contributed by atoms with E-state index in [0.717, 1.165) is 17.4 Å². The summed E-state index contributed by atoms with van der Waals surface area (Å²) in [6.07, 6.45) is 2.37. The molecule has 0 radical (unpaired) electrons. The van der Waals surface area contributed by atoms with Crippen LogP contribution >= 0.6 is 0 Å². The number of anilines is 1. The van der Waals surface area contributed by atoms with Crippen LogP contribution in [0.2, 0.25) is 0 Å². The monoisotopic (exact) mass is 555 g/mol. The first kappa shape index (κ1) is 30.3. The topological polar surface area (TPSA) is 102 Å². The summed E-state index contributed by atoms with van der Waals surface area (Å²) in [6, 6.07) is 20.4. The zero-order valence-corrected chi connectivity index (χ0v) is 23.8. The summed E-state index contributed by atoms with van der Waals surface area (Å²) in [4.78, 5) is 13.3. The van der Waals surface area contributed by atoms with Gasteiger partial charge in [0.25, 0.3) is 5.91 Å². The minimum atomic E-state index is -3.58. The molecule has 3 rings (SSSR count). The fraction of sp³-hybridized carbons (Fsp3) is 0.367. The van der Waals surface area contributed by atoms with E-state index in [1.165, 1.54) is 16.4 Å². The van der Waals surface area contributed by atoms with E-state index in [1.54, 1.807) is 37.3 Å². The molecule has 0 aromatic heterocycles. The van der Waals surface area contributed by atoms with Crippen molar-refractivity contribution in [3.8, 4) is 0 Å². The van der Waals surface area contributed by atoms with E-state index >= 15 is 0 Å². The molecule has 3 aromatic carbocycles. The maximum Gasteiger partial charge on any atom is 0.251 e. The maximum atomic E-state index is 13.3. The van der Waals surface area contributed by atoms with Gasteiger partial charge in [0.2, 0.25) is 10.0 Å². The molecule has 0 heterocycles. The average Bonchev–Trinajstić information content (AvgIpc) is 2.87. The molecule has 0 aliphatic rings. The summed E-state index contributed by atoms with van der Waals surface area (Å²) in [7, 11) is -3.58. The summed E-state index contributed by atoms with van der Waals surface area (Å²) in [5.41, 5.74) is 9.04. The van der Waals surface area contributed by atoms with E-state index in [0.29, 0.717) is 29.7 Å². The third-order valence-electron chi connectivity index (χ3n) is 6.22. The van der Waals surface area contributed by atoms with Crippen LogP contribution in [-0.2, 0) is 27.8 Å². The molecule has 0 aliphatic heterocycles. The molecule has 9 heteroatoms. The highest BCUT2D eigenvalue weighted by Gasteiger charge is 2.22. The van der Waals surface area contributed by atoms with Crippen LogP contribution < -0.4 is 15.4 Å². The van der Waals surface area contributed by atoms with Crippen molar-refractivity contribution in [2.45, 2.75) is 51.8 Å². The number of nitrogens with two attached hydrogens (primary N) is 1. The molecule has 0 aliphatic carbocycles. The van der Waals surface area contributed by atoms with Crippen molar-refractivity contribution in [1.29, 1.82) is 0 Å². The lowest BCUT2D eigenvalue weighted by atomic mass is 9.95. The molecule has 1 amide bonds. The number of hydrogen-bond donors (Lipinski definition) is 2. The molecule has 0 saturated heterocycles. The standard InChI is InChI=1S/C30H38FN3O4S/c1-5-15-34(39(4,36)37)28-17-24(20-38-21-30(3,32)19-23-9-7-6-8-10-23)16-26(18-28)29(35)33-22(2)25-11-13-27(31)14-12-25/h6-14,16-18,22H,5,15,19-21,32H2,1-4H3,(H,33,35). The van der Waals surface area contributed by atoms with Gasteiger partial charge in [-0.05, 0) is 73.7 Å². The Balaban J connectivity index is 1.82. The second kappa shape index (κ2) is 13.2. The minimum Gasteiger partial charge on any atom is -0.375 e. The number of rotatable bonds is 13. The smallest absolute Gasteiger partial charge is 0.251 e. The third kappa shape index (κ3) is 9.16. The van der Waals surface area contributed by atoms with Gasteiger partial charge in [0, 0.05) is 17.6 Å². The molecule has 210 valence electrons. The number of nitrogens with zero attached hydrogens (tertiary/aromatic N) is 1. The maximum absolute atomic E-state index is 13.3. The van der Waals surface area contributed by atoms with Crippen molar-refractivity contribution in [2.75, 3.05) is 23.7 Å². The molecule has 0 saturated carbocycles. The fourth-order valence-corrected chi connectivity index (χ4v) is 5.35. The van der Waals surface area contributed by atoms with Crippen molar-refractivity contribution in [2.24, 2.45) is 5.73 Å². The Bertz CT molecular complexity index is 1350. The number of carbonyl (C=O) groups excluding carboxylic acids is 1. The van der Waals surface area contributed by atoms with E-state index in [9.17, 15) is 17.6 Å². The van der Waals surface area contributed by atoms with Gasteiger partial charge >= 0.3 is 0 Å². The van der Waals surface area contributed by atoms with Crippen LogP contribution in [0.4, 0.5) is 10.1 Å². The Morgan fingerprint density at radius 1 is 1.08 bits per heavy atom. The van der Waals surface area contributed by atoms with Crippen LogP contribution in [0.25, 0.3) is 0 Å². The molecule has 0 spiro atoms. The van der Waals surface area contributed by atoms with E-state index < -0.39 is 15.6 Å². The average molecular weight is 556 g/mol. The number of halogens is 1. The molecule has 7 nitrogen and oxygen atoms in total. The van der Waals surface area contributed by atoms with E-state index in [4.69, 9.17) is 10.5 Å².